The minimum Gasteiger partial charge on any atom is -0.316 e. The molecule has 0 unspecified atom stereocenters. The van der Waals surface area contributed by atoms with Gasteiger partial charge in [-0.2, -0.15) is 0 Å². The molecule has 2 rings (SSSR count). The maximum absolute atomic E-state index is 4.22. The summed E-state index contributed by atoms with van der Waals surface area (Å²) in [7, 11) is 1.97. The van der Waals surface area contributed by atoms with Gasteiger partial charge in [0, 0.05) is 29.6 Å². The lowest BCUT2D eigenvalue weighted by molar-refractivity contribution is 0.815. The third-order valence-electron chi connectivity index (χ3n) is 2.62. The molecule has 2 aromatic rings. The van der Waals surface area contributed by atoms with Crippen LogP contribution in [-0.2, 0) is 12.3 Å². The number of aryl methyl sites for hydroxylation is 1. The van der Waals surface area contributed by atoms with Gasteiger partial charge in [0.2, 0.25) is 0 Å². The number of nitrogens with one attached hydrogen (secondary N) is 1. The Morgan fingerprint density at radius 2 is 2.06 bits per heavy atom. The van der Waals surface area contributed by atoms with Crippen molar-refractivity contribution in [3.63, 3.8) is 0 Å². The fourth-order valence-corrected chi connectivity index (χ4v) is 2.71. The van der Waals surface area contributed by atoms with Crippen LogP contribution in [0, 0.1) is 6.92 Å². The second-order valence-electron chi connectivity index (χ2n) is 4.34. The van der Waals surface area contributed by atoms with Crippen LogP contribution < -0.4 is 5.32 Å². The Hall–Kier alpha value is -1.32. The van der Waals surface area contributed by atoms with E-state index in [0.717, 1.165) is 12.3 Å². The molecule has 94 valence electrons. The Morgan fingerprint density at radius 1 is 1.17 bits per heavy atom. The second kappa shape index (κ2) is 6.57. The Kier molecular flexibility index (Phi) is 4.79. The summed E-state index contributed by atoms with van der Waals surface area (Å²) in [5.74, 6) is 0.970. The summed E-state index contributed by atoms with van der Waals surface area (Å²) in [6.07, 6.45) is 3.83. The SMILES string of the molecule is CNCc1cccc(SCc2cncc(C)c2)c1. The summed E-state index contributed by atoms with van der Waals surface area (Å²) in [5, 5.41) is 3.17. The van der Waals surface area contributed by atoms with Crippen LogP contribution in [0.25, 0.3) is 0 Å². The van der Waals surface area contributed by atoms with Gasteiger partial charge < -0.3 is 5.32 Å². The van der Waals surface area contributed by atoms with Crippen molar-refractivity contribution in [1.29, 1.82) is 0 Å². The number of nitrogens with zero attached hydrogens (tertiary/aromatic N) is 1. The second-order valence-corrected chi connectivity index (χ2v) is 5.39. The minimum atomic E-state index is 0.917. The Balaban J connectivity index is 1.99. The van der Waals surface area contributed by atoms with Crippen LogP contribution in [0.4, 0.5) is 0 Å². The highest BCUT2D eigenvalue weighted by Gasteiger charge is 1.99. The van der Waals surface area contributed by atoms with E-state index < -0.39 is 0 Å². The molecule has 0 spiro atoms. The highest BCUT2D eigenvalue weighted by molar-refractivity contribution is 7.98. The Morgan fingerprint density at radius 3 is 2.83 bits per heavy atom. The average Bonchev–Trinajstić information content (AvgIpc) is 2.37. The maximum Gasteiger partial charge on any atom is 0.0308 e. The molecule has 18 heavy (non-hydrogen) atoms. The van der Waals surface area contributed by atoms with Crippen LogP contribution in [0.1, 0.15) is 16.7 Å². The monoisotopic (exact) mass is 258 g/mol. The Labute approximate surface area is 113 Å². The summed E-state index contributed by atoms with van der Waals surface area (Å²) >= 11 is 1.85. The van der Waals surface area contributed by atoms with E-state index in [1.165, 1.54) is 21.6 Å². The van der Waals surface area contributed by atoms with Gasteiger partial charge in [0.15, 0.2) is 0 Å². The lowest BCUT2D eigenvalue weighted by atomic mass is 10.2. The topological polar surface area (TPSA) is 24.9 Å². The number of pyridine rings is 1. The number of benzene rings is 1. The van der Waals surface area contributed by atoms with Crippen molar-refractivity contribution in [3.05, 3.63) is 59.4 Å². The molecular formula is C15H18N2S. The first-order chi connectivity index (χ1) is 8.78. The Bertz CT molecular complexity index is 511. The summed E-state index contributed by atoms with van der Waals surface area (Å²) < 4.78 is 0. The molecule has 0 bridgehead atoms. The largest absolute Gasteiger partial charge is 0.316 e. The van der Waals surface area contributed by atoms with Gasteiger partial charge in [-0.15, -0.1) is 11.8 Å². The molecule has 0 saturated carbocycles. The zero-order valence-electron chi connectivity index (χ0n) is 10.8. The van der Waals surface area contributed by atoms with Crippen LogP contribution in [0.2, 0.25) is 0 Å². The number of hydrogen-bond donors (Lipinski definition) is 1. The molecule has 0 aliphatic rings. The average molecular weight is 258 g/mol. The van der Waals surface area contributed by atoms with Crippen molar-refractivity contribution in [2.75, 3.05) is 7.05 Å². The smallest absolute Gasteiger partial charge is 0.0308 e. The summed E-state index contributed by atoms with van der Waals surface area (Å²) in [6, 6.07) is 10.9. The van der Waals surface area contributed by atoms with Gasteiger partial charge in [-0.3, -0.25) is 4.98 Å². The third kappa shape index (κ3) is 3.86. The molecule has 1 heterocycles. The molecule has 2 nitrogen and oxygen atoms in total. The van der Waals surface area contributed by atoms with Gasteiger partial charge in [-0.1, -0.05) is 18.2 Å². The molecule has 1 N–H and O–H groups in total. The van der Waals surface area contributed by atoms with E-state index in [9.17, 15) is 0 Å². The molecule has 1 aromatic carbocycles. The van der Waals surface area contributed by atoms with E-state index in [4.69, 9.17) is 0 Å². The number of rotatable bonds is 5. The van der Waals surface area contributed by atoms with Gasteiger partial charge in [-0.05, 0) is 42.8 Å². The van der Waals surface area contributed by atoms with E-state index in [-0.39, 0.29) is 0 Å². The summed E-state index contributed by atoms with van der Waals surface area (Å²) in [6.45, 7) is 3.00. The molecule has 0 radical (unpaired) electrons. The first kappa shape index (κ1) is 13.1. The van der Waals surface area contributed by atoms with E-state index in [1.807, 2.05) is 31.2 Å². The number of thioether (sulfide) groups is 1. The first-order valence-electron chi connectivity index (χ1n) is 6.05. The van der Waals surface area contributed by atoms with Crippen LogP contribution in [0.3, 0.4) is 0 Å². The molecule has 1 aromatic heterocycles. The van der Waals surface area contributed by atoms with Crippen molar-refractivity contribution < 1.29 is 0 Å². The van der Waals surface area contributed by atoms with Crippen LogP contribution in [0.15, 0.2) is 47.6 Å². The zero-order chi connectivity index (χ0) is 12.8. The minimum absolute atomic E-state index is 0.917. The van der Waals surface area contributed by atoms with Crippen molar-refractivity contribution in [2.45, 2.75) is 24.1 Å². The van der Waals surface area contributed by atoms with Crippen LogP contribution in [-0.4, -0.2) is 12.0 Å². The lowest BCUT2D eigenvalue weighted by Crippen LogP contribution is -2.04. The van der Waals surface area contributed by atoms with Gasteiger partial charge in [0.1, 0.15) is 0 Å². The molecule has 0 aliphatic carbocycles. The maximum atomic E-state index is 4.22. The normalized spacial score (nSPS) is 10.6. The molecule has 0 aliphatic heterocycles. The van der Waals surface area contributed by atoms with E-state index >= 15 is 0 Å². The first-order valence-corrected chi connectivity index (χ1v) is 7.03. The molecule has 0 amide bonds. The third-order valence-corrected chi connectivity index (χ3v) is 3.68. The van der Waals surface area contributed by atoms with Crippen molar-refractivity contribution in [2.24, 2.45) is 0 Å². The van der Waals surface area contributed by atoms with E-state index in [1.54, 1.807) is 0 Å². The van der Waals surface area contributed by atoms with Crippen molar-refractivity contribution >= 4 is 11.8 Å². The fourth-order valence-electron chi connectivity index (χ4n) is 1.81. The predicted octanol–water partition coefficient (Wildman–Crippen LogP) is 3.40. The highest BCUT2D eigenvalue weighted by Crippen LogP contribution is 2.23. The van der Waals surface area contributed by atoms with Gasteiger partial charge in [0.25, 0.3) is 0 Å². The molecule has 0 fully saturated rings. The van der Waals surface area contributed by atoms with Gasteiger partial charge >= 0.3 is 0 Å². The zero-order valence-corrected chi connectivity index (χ0v) is 11.6. The summed E-state index contributed by atoms with van der Waals surface area (Å²) in [4.78, 5) is 5.53. The predicted molar refractivity (Wildman–Crippen MR) is 77.7 cm³/mol. The quantitative estimate of drug-likeness (QED) is 0.832. The number of aromatic nitrogens is 1. The van der Waals surface area contributed by atoms with Crippen molar-refractivity contribution in [1.82, 2.24) is 10.3 Å². The lowest BCUT2D eigenvalue weighted by Gasteiger charge is -2.05. The summed E-state index contributed by atoms with van der Waals surface area (Å²) in [5.41, 5.74) is 3.82. The molecular weight excluding hydrogens is 240 g/mol. The molecule has 3 heteroatoms. The molecule has 0 atom stereocenters. The number of hydrogen-bond acceptors (Lipinski definition) is 3. The standard InChI is InChI=1S/C15H18N2S/c1-12-6-14(10-17-8-12)11-18-15-5-3-4-13(7-15)9-16-2/h3-8,10,16H,9,11H2,1-2H3. The van der Waals surface area contributed by atoms with Crippen molar-refractivity contribution in [3.8, 4) is 0 Å². The van der Waals surface area contributed by atoms with Crippen LogP contribution in [0.5, 0.6) is 0 Å². The van der Waals surface area contributed by atoms with E-state index in [2.05, 4.69) is 47.6 Å². The molecule has 0 saturated heterocycles. The van der Waals surface area contributed by atoms with Gasteiger partial charge in [0.05, 0.1) is 0 Å². The van der Waals surface area contributed by atoms with Crippen LogP contribution >= 0.6 is 11.8 Å². The van der Waals surface area contributed by atoms with E-state index in [0.29, 0.717) is 0 Å². The fraction of sp³-hybridized carbons (Fsp3) is 0.267. The van der Waals surface area contributed by atoms with Gasteiger partial charge in [-0.25, -0.2) is 0 Å². The highest BCUT2D eigenvalue weighted by atomic mass is 32.2.